The first-order valence-corrected chi connectivity index (χ1v) is 8.24. The summed E-state index contributed by atoms with van der Waals surface area (Å²) in [5.41, 5.74) is 1.59. The molecule has 1 N–H and O–H groups in total. The van der Waals surface area contributed by atoms with Gasteiger partial charge >= 0.3 is 0 Å². The van der Waals surface area contributed by atoms with Crippen LogP contribution in [-0.2, 0) is 10.0 Å². The van der Waals surface area contributed by atoms with Crippen LogP contribution >= 0.6 is 15.9 Å². The number of nitrogens with zero attached hydrogens (tertiary/aromatic N) is 1. The number of aromatic nitrogens is 1. The first-order chi connectivity index (χ1) is 8.28. The van der Waals surface area contributed by atoms with Gasteiger partial charge in [0.05, 0.1) is 17.5 Å². The number of benzene rings is 1. The molecule has 0 aliphatic carbocycles. The molecule has 1 aromatic carbocycles. The Morgan fingerprint density at radius 1 is 1.33 bits per heavy atom. The van der Waals surface area contributed by atoms with Crippen LogP contribution < -0.4 is 4.72 Å². The van der Waals surface area contributed by atoms with Gasteiger partial charge < -0.3 is 4.57 Å². The van der Waals surface area contributed by atoms with Gasteiger partial charge in [-0.25, -0.2) is 8.42 Å². The summed E-state index contributed by atoms with van der Waals surface area (Å²) in [7, 11) is -3.24. The molecule has 0 unspecified atom stereocenters. The topological polar surface area (TPSA) is 51.1 Å². The number of hydrogen-bond donors (Lipinski definition) is 1. The Hall–Kier alpha value is -1.01. The molecular weight excluding hydrogens is 316 g/mol. The molecular formula is C12H15BrN2O2S. The molecule has 0 saturated carbocycles. The molecule has 2 aromatic rings. The van der Waals surface area contributed by atoms with Crippen LogP contribution in [0.5, 0.6) is 0 Å². The van der Waals surface area contributed by atoms with Gasteiger partial charge in [0.1, 0.15) is 0 Å². The molecule has 0 aliphatic heterocycles. The highest BCUT2D eigenvalue weighted by Crippen LogP contribution is 2.30. The minimum Gasteiger partial charge on any atom is -0.344 e. The van der Waals surface area contributed by atoms with Crippen LogP contribution in [0.3, 0.4) is 0 Å². The molecule has 0 bridgehead atoms. The molecule has 18 heavy (non-hydrogen) atoms. The Morgan fingerprint density at radius 3 is 2.56 bits per heavy atom. The van der Waals surface area contributed by atoms with Gasteiger partial charge in [0.15, 0.2) is 0 Å². The third-order valence-corrected chi connectivity index (χ3v) is 3.88. The first-order valence-electron chi connectivity index (χ1n) is 5.56. The van der Waals surface area contributed by atoms with Gasteiger partial charge in [-0.15, -0.1) is 0 Å². The van der Waals surface area contributed by atoms with Gasteiger partial charge in [0.25, 0.3) is 0 Å². The van der Waals surface area contributed by atoms with E-state index in [1.807, 2.05) is 18.3 Å². The van der Waals surface area contributed by atoms with Crippen molar-refractivity contribution in [1.29, 1.82) is 0 Å². The van der Waals surface area contributed by atoms with E-state index >= 15 is 0 Å². The van der Waals surface area contributed by atoms with Crippen molar-refractivity contribution in [1.82, 2.24) is 4.57 Å². The summed E-state index contributed by atoms with van der Waals surface area (Å²) in [4.78, 5) is 0. The smallest absolute Gasteiger partial charge is 0.229 e. The van der Waals surface area contributed by atoms with Gasteiger partial charge in [-0.2, -0.15) is 0 Å². The predicted octanol–water partition coefficient (Wildman–Crippen LogP) is 3.36. The summed E-state index contributed by atoms with van der Waals surface area (Å²) < 4.78 is 28.1. The second-order valence-electron chi connectivity index (χ2n) is 4.58. The Labute approximate surface area is 115 Å². The van der Waals surface area contributed by atoms with Crippen LogP contribution in [0, 0.1) is 0 Å². The molecule has 0 fully saturated rings. The Balaban J connectivity index is 2.59. The molecule has 0 saturated heterocycles. The van der Waals surface area contributed by atoms with Crippen molar-refractivity contribution in [3.05, 3.63) is 28.9 Å². The Morgan fingerprint density at radius 2 is 2.00 bits per heavy atom. The highest BCUT2D eigenvalue weighted by molar-refractivity contribution is 9.10. The molecule has 1 heterocycles. The number of anilines is 1. The second-order valence-corrected chi connectivity index (χ2v) is 7.19. The average Bonchev–Trinajstić information content (AvgIpc) is 2.53. The summed E-state index contributed by atoms with van der Waals surface area (Å²) in [6.45, 7) is 4.17. The van der Waals surface area contributed by atoms with Gasteiger partial charge in [0, 0.05) is 22.1 Å². The lowest BCUT2D eigenvalue weighted by atomic mass is 10.2. The van der Waals surface area contributed by atoms with Crippen LogP contribution in [0.2, 0.25) is 0 Å². The van der Waals surface area contributed by atoms with Crippen molar-refractivity contribution in [3.63, 3.8) is 0 Å². The molecule has 4 nitrogen and oxygen atoms in total. The highest BCUT2D eigenvalue weighted by atomic mass is 79.9. The van der Waals surface area contributed by atoms with Crippen LogP contribution in [0.4, 0.5) is 5.69 Å². The van der Waals surface area contributed by atoms with E-state index in [0.717, 1.165) is 21.6 Å². The third-order valence-electron chi connectivity index (χ3n) is 2.65. The van der Waals surface area contributed by atoms with Crippen molar-refractivity contribution < 1.29 is 8.42 Å². The standard InChI is InChI=1S/C12H15BrN2O2S/c1-8(2)15-7-11(13)10-5-4-9(6-12(10)15)14-18(3,16)17/h4-8,14H,1-3H3. The van der Waals surface area contributed by atoms with Crippen LogP contribution in [0.15, 0.2) is 28.9 Å². The van der Waals surface area contributed by atoms with Crippen LogP contribution in [0.1, 0.15) is 19.9 Å². The number of hydrogen-bond acceptors (Lipinski definition) is 2. The quantitative estimate of drug-likeness (QED) is 0.938. The lowest BCUT2D eigenvalue weighted by Gasteiger charge is -2.10. The fourth-order valence-corrected chi connectivity index (χ4v) is 3.02. The summed E-state index contributed by atoms with van der Waals surface area (Å²) in [6.07, 6.45) is 3.16. The van der Waals surface area contributed by atoms with Gasteiger partial charge in [-0.1, -0.05) is 0 Å². The molecule has 2 rings (SSSR count). The minimum absolute atomic E-state index is 0.312. The van der Waals surface area contributed by atoms with E-state index in [4.69, 9.17) is 0 Å². The van der Waals surface area contributed by atoms with E-state index in [-0.39, 0.29) is 0 Å². The molecule has 0 atom stereocenters. The average molecular weight is 331 g/mol. The monoisotopic (exact) mass is 330 g/mol. The molecule has 0 amide bonds. The highest BCUT2D eigenvalue weighted by Gasteiger charge is 2.10. The molecule has 6 heteroatoms. The van der Waals surface area contributed by atoms with Crippen molar-refractivity contribution in [3.8, 4) is 0 Å². The molecule has 0 spiro atoms. The molecule has 98 valence electrons. The molecule has 0 aliphatic rings. The maximum absolute atomic E-state index is 11.2. The van der Waals surface area contributed by atoms with Crippen molar-refractivity contribution in [2.24, 2.45) is 0 Å². The number of rotatable bonds is 3. The van der Waals surface area contributed by atoms with Gasteiger partial charge in [0.2, 0.25) is 10.0 Å². The third kappa shape index (κ3) is 2.70. The zero-order valence-corrected chi connectivity index (χ0v) is 12.8. The zero-order valence-electron chi connectivity index (χ0n) is 10.4. The fraction of sp³-hybridized carbons (Fsp3) is 0.333. The maximum Gasteiger partial charge on any atom is 0.229 e. The summed E-state index contributed by atoms with van der Waals surface area (Å²) in [6, 6.07) is 5.83. The molecule has 1 aromatic heterocycles. The summed E-state index contributed by atoms with van der Waals surface area (Å²) >= 11 is 3.51. The lowest BCUT2D eigenvalue weighted by molar-refractivity contribution is 0.607. The van der Waals surface area contributed by atoms with Crippen LogP contribution in [-0.4, -0.2) is 19.2 Å². The summed E-state index contributed by atoms with van der Waals surface area (Å²) in [5.74, 6) is 0. The van der Waals surface area contributed by atoms with E-state index in [1.165, 1.54) is 0 Å². The van der Waals surface area contributed by atoms with Crippen molar-refractivity contribution in [2.75, 3.05) is 11.0 Å². The SMILES string of the molecule is CC(C)n1cc(Br)c2ccc(NS(C)(=O)=O)cc21. The first kappa shape index (κ1) is 13.4. The Kier molecular flexibility index (Phi) is 3.42. The van der Waals surface area contributed by atoms with Crippen molar-refractivity contribution in [2.45, 2.75) is 19.9 Å². The summed E-state index contributed by atoms with van der Waals surface area (Å²) in [5, 5.41) is 1.07. The second kappa shape index (κ2) is 4.59. The maximum atomic E-state index is 11.2. The normalized spacial score (nSPS) is 12.3. The van der Waals surface area contributed by atoms with E-state index in [9.17, 15) is 8.42 Å². The van der Waals surface area contributed by atoms with Crippen LogP contribution in [0.25, 0.3) is 10.9 Å². The van der Waals surface area contributed by atoms with Gasteiger partial charge in [-0.05, 0) is 48.0 Å². The van der Waals surface area contributed by atoms with E-state index in [1.54, 1.807) is 6.07 Å². The number of fused-ring (bicyclic) bond motifs is 1. The predicted molar refractivity (Wildman–Crippen MR) is 78.5 cm³/mol. The zero-order chi connectivity index (χ0) is 13.5. The lowest BCUT2D eigenvalue weighted by Crippen LogP contribution is -2.09. The van der Waals surface area contributed by atoms with Gasteiger partial charge in [-0.3, -0.25) is 4.72 Å². The fourth-order valence-electron chi connectivity index (χ4n) is 1.91. The van der Waals surface area contributed by atoms with E-state index in [0.29, 0.717) is 11.7 Å². The number of halogens is 1. The largest absolute Gasteiger partial charge is 0.344 e. The van der Waals surface area contributed by atoms with Crippen molar-refractivity contribution >= 4 is 42.5 Å². The number of sulfonamides is 1. The number of nitrogens with one attached hydrogen (secondary N) is 1. The van der Waals surface area contributed by atoms with E-state index in [2.05, 4.69) is 39.1 Å². The Bertz CT molecular complexity index is 689. The van der Waals surface area contributed by atoms with E-state index < -0.39 is 10.0 Å². The minimum atomic E-state index is -3.24. The molecule has 0 radical (unpaired) electrons.